The number of carbonyl (C=O) groups is 2. The molecule has 1 amide bonds. The molecule has 0 aliphatic carbocycles. The van der Waals surface area contributed by atoms with Crippen LogP contribution < -0.4 is 5.69 Å². The maximum atomic E-state index is 13.0. The Kier molecular flexibility index (Phi) is 3.73. The van der Waals surface area contributed by atoms with Crippen LogP contribution in [0.25, 0.3) is 0 Å². The first-order chi connectivity index (χ1) is 11.0. The summed E-state index contributed by atoms with van der Waals surface area (Å²) in [5.74, 6) is -3.08. The van der Waals surface area contributed by atoms with Gasteiger partial charge >= 0.3 is 11.7 Å². The van der Waals surface area contributed by atoms with Gasteiger partial charge in [0.2, 0.25) is 0 Å². The molecule has 1 aromatic carbocycles. The lowest BCUT2D eigenvalue weighted by molar-refractivity contribution is -0.141. The van der Waals surface area contributed by atoms with Gasteiger partial charge in [-0.15, -0.1) is 0 Å². The predicted octanol–water partition coefficient (Wildman–Crippen LogP) is 0.783. The lowest BCUT2D eigenvalue weighted by atomic mass is 9.89. The van der Waals surface area contributed by atoms with Crippen LogP contribution in [0.5, 0.6) is 0 Å². The first-order valence-electron chi connectivity index (χ1n) is 7.01. The number of aromatic amines is 2. The van der Waals surface area contributed by atoms with Crippen molar-refractivity contribution in [1.82, 2.24) is 14.9 Å². The van der Waals surface area contributed by atoms with Gasteiger partial charge in [-0.25, -0.2) is 9.18 Å². The first-order valence-corrected chi connectivity index (χ1v) is 7.01. The van der Waals surface area contributed by atoms with Crippen molar-refractivity contribution < 1.29 is 19.1 Å². The molecule has 7 nitrogen and oxygen atoms in total. The third-order valence-electron chi connectivity index (χ3n) is 4.05. The molecule has 2 aromatic rings. The van der Waals surface area contributed by atoms with Crippen molar-refractivity contribution in [2.45, 2.75) is 5.92 Å². The smallest absolute Gasteiger partial charge is 0.323 e. The molecule has 1 aromatic heterocycles. The number of hydrogen-bond donors (Lipinski definition) is 3. The fourth-order valence-electron chi connectivity index (χ4n) is 2.89. The van der Waals surface area contributed by atoms with Crippen molar-refractivity contribution in [3.63, 3.8) is 0 Å². The minimum absolute atomic E-state index is 0.0312. The Bertz CT molecular complexity index is 796. The maximum absolute atomic E-state index is 13.0. The van der Waals surface area contributed by atoms with E-state index in [4.69, 9.17) is 0 Å². The molecular weight excluding hydrogens is 305 g/mol. The molecular formula is C15H14FN3O4. The number of likely N-dealkylation sites (tertiary alicyclic amines) is 1. The molecule has 0 bridgehead atoms. The molecule has 1 saturated heterocycles. The highest BCUT2D eigenvalue weighted by molar-refractivity contribution is 5.93. The predicted molar refractivity (Wildman–Crippen MR) is 77.6 cm³/mol. The molecule has 0 spiro atoms. The number of imidazole rings is 1. The molecule has 1 fully saturated rings. The SMILES string of the molecule is O=C(O)[C@@H]1CN(C(=O)c2c[nH]c(=O)[nH]2)C[C@H]1c1ccc(F)cc1. The molecule has 120 valence electrons. The van der Waals surface area contributed by atoms with Crippen molar-refractivity contribution in [2.24, 2.45) is 5.92 Å². The van der Waals surface area contributed by atoms with E-state index in [1.807, 2.05) is 0 Å². The Labute approximate surface area is 129 Å². The second-order valence-corrected chi connectivity index (χ2v) is 5.47. The van der Waals surface area contributed by atoms with Crippen LogP contribution in [0.3, 0.4) is 0 Å². The van der Waals surface area contributed by atoms with Gasteiger partial charge in [-0.05, 0) is 17.7 Å². The third kappa shape index (κ3) is 2.87. The Morgan fingerprint density at radius 2 is 1.91 bits per heavy atom. The number of rotatable bonds is 3. The molecule has 1 aliphatic rings. The number of halogens is 1. The van der Waals surface area contributed by atoms with Crippen LogP contribution >= 0.6 is 0 Å². The standard InChI is InChI=1S/C15H14FN3O4/c16-9-3-1-8(2-4-9)10-6-19(7-11(10)14(21)22)13(20)12-5-17-15(23)18-12/h1-5,10-11H,6-7H2,(H,21,22)(H2,17,18,23)/t10-,11+/m0/s1. The summed E-state index contributed by atoms with van der Waals surface area (Å²) >= 11 is 0. The van der Waals surface area contributed by atoms with E-state index < -0.39 is 35.2 Å². The van der Waals surface area contributed by atoms with Gasteiger partial charge in [-0.2, -0.15) is 0 Å². The fraction of sp³-hybridized carbons (Fsp3) is 0.267. The number of carboxylic acids is 1. The van der Waals surface area contributed by atoms with Gasteiger partial charge < -0.3 is 20.0 Å². The second-order valence-electron chi connectivity index (χ2n) is 5.47. The van der Waals surface area contributed by atoms with Crippen molar-refractivity contribution >= 4 is 11.9 Å². The number of benzene rings is 1. The average molecular weight is 319 g/mol. The zero-order valence-electron chi connectivity index (χ0n) is 12.0. The number of amides is 1. The third-order valence-corrected chi connectivity index (χ3v) is 4.05. The van der Waals surface area contributed by atoms with E-state index >= 15 is 0 Å². The summed E-state index contributed by atoms with van der Waals surface area (Å²) in [7, 11) is 0. The van der Waals surface area contributed by atoms with Gasteiger partial charge in [-0.1, -0.05) is 12.1 Å². The van der Waals surface area contributed by atoms with Gasteiger partial charge in [0.15, 0.2) is 0 Å². The van der Waals surface area contributed by atoms with Gasteiger partial charge in [0.05, 0.1) is 5.92 Å². The van der Waals surface area contributed by atoms with Crippen LogP contribution in [0.4, 0.5) is 4.39 Å². The van der Waals surface area contributed by atoms with E-state index in [9.17, 15) is 23.9 Å². The van der Waals surface area contributed by atoms with Gasteiger partial charge in [0.25, 0.3) is 5.91 Å². The van der Waals surface area contributed by atoms with Crippen LogP contribution in [-0.4, -0.2) is 44.9 Å². The van der Waals surface area contributed by atoms with Crippen LogP contribution in [0.1, 0.15) is 22.0 Å². The van der Waals surface area contributed by atoms with E-state index in [0.717, 1.165) is 0 Å². The number of aromatic nitrogens is 2. The molecule has 3 N–H and O–H groups in total. The minimum Gasteiger partial charge on any atom is -0.481 e. The van der Waals surface area contributed by atoms with E-state index in [0.29, 0.717) is 5.56 Å². The molecule has 1 aliphatic heterocycles. The summed E-state index contributed by atoms with van der Waals surface area (Å²) in [6.07, 6.45) is 1.26. The highest BCUT2D eigenvalue weighted by Crippen LogP contribution is 2.33. The zero-order valence-corrected chi connectivity index (χ0v) is 12.0. The highest BCUT2D eigenvalue weighted by atomic mass is 19.1. The molecule has 0 radical (unpaired) electrons. The molecule has 8 heteroatoms. The van der Waals surface area contributed by atoms with Gasteiger partial charge in [0.1, 0.15) is 11.5 Å². The monoisotopic (exact) mass is 319 g/mol. The Balaban J connectivity index is 1.86. The van der Waals surface area contributed by atoms with Crippen LogP contribution in [0.15, 0.2) is 35.3 Å². The van der Waals surface area contributed by atoms with Gasteiger partial charge in [0, 0.05) is 25.2 Å². The molecule has 2 atom stereocenters. The number of H-pyrrole nitrogens is 2. The van der Waals surface area contributed by atoms with E-state index in [1.54, 1.807) is 0 Å². The summed E-state index contributed by atoms with van der Waals surface area (Å²) in [4.78, 5) is 41.0. The molecule has 0 unspecified atom stereocenters. The van der Waals surface area contributed by atoms with Crippen molar-refractivity contribution in [2.75, 3.05) is 13.1 Å². The minimum atomic E-state index is -1.02. The summed E-state index contributed by atoms with van der Waals surface area (Å²) in [5.41, 5.74) is 0.243. The number of carbonyl (C=O) groups excluding carboxylic acids is 1. The Morgan fingerprint density at radius 3 is 2.48 bits per heavy atom. The van der Waals surface area contributed by atoms with Crippen LogP contribution in [0.2, 0.25) is 0 Å². The van der Waals surface area contributed by atoms with Crippen molar-refractivity contribution in [3.8, 4) is 0 Å². The first kappa shape index (κ1) is 15.0. The van der Waals surface area contributed by atoms with Crippen molar-refractivity contribution in [3.05, 3.63) is 58.0 Å². The summed E-state index contributed by atoms with van der Waals surface area (Å²) in [5, 5.41) is 9.40. The van der Waals surface area contributed by atoms with Crippen LogP contribution in [0, 0.1) is 11.7 Å². The number of hydrogen-bond acceptors (Lipinski definition) is 3. The number of carboxylic acid groups (broad SMARTS) is 1. The summed E-state index contributed by atoms with van der Waals surface area (Å²) in [6, 6.07) is 5.59. The summed E-state index contributed by atoms with van der Waals surface area (Å²) < 4.78 is 13.0. The quantitative estimate of drug-likeness (QED) is 0.777. The maximum Gasteiger partial charge on any atom is 0.323 e. The molecule has 3 rings (SSSR count). The fourth-order valence-corrected chi connectivity index (χ4v) is 2.89. The average Bonchev–Trinajstić information content (AvgIpc) is 3.14. The van der Waals surface area contributed by atoms with E-state index in [-0.39, 0.29) is 18.8 Å². The Hall–Kier alpha value is -2.90. The van der Waals surface area contributed by atoms with Gasteiger partial charge in [-0.3, -0.25) is 9.59 Å². The highest BCUT2D eigenvalue weighted by Gasteiger charge is 2.40. The lowest BCUT2D eigenvalue weighted by Crippen LogP contribution is -2.30. The molecule has 23 heavy (non-hydrogen) atoms. The molecule has 0 saturated carbocycles. The van der Waals surface area contributed by atoms with E-state index in [2.05, 4.69) is 9.97 Å². The Morgan fingerprint density at radius 1 is 1.22 bits per heavy atom. The second kappa shape index (κ2) is 5.71. The number of nitrogens with one attached hydrogen (secondary N) is 2. The largest absolute Gasteiger partial charge is 0.481 e. The number of aliphatic carboxylic acids is 1. The lowest BCUT2D eigenvalue weighted by Gasteiger charge is -2.15. The summed E-state index contributed by atoms with van der Waals surface area (Å²) in [6.45, 7) is 0.220. The molecule has 2 heterocycles. The van der Waals surface area contributed by atoms with Crippen LogP contribution in [-0.2, 0) is 4.79 Å². The normalized spacial score (nSPS) is 20.7. The van der Waals surface area contributed by atoms with E-state index in [1.165, 1.54) is 35.4 Å². The number of nitrogens with zero attached hydrogens (tertiary/aromatic N) is 1. The van der Waals surface area contributed by atoms with Crippen molar-refractivity contribution in [1.29, 1.82) is 0 Å². The zero-order chi connectivity index (χ0) is 16.6. The topological polar surface area (TPSA) is 106 Å².